The van der Waals surface area contributed by atoms with E-state index in [9.17, 15) is 4.79 Å². The predicted molar refractivity (Wildman–Crippen MR) is 47.6 cm³/mol. The fourth-order valence-electron chi connectivity index (χ4n) is 1.08. The number of fused-ring (bicyclic) bond motifs is 1. The highest BCUT2D eigenvalue weighted by atomic mass is 79.9. The second-order valence-electron chi connectivity index (χ2n) is 2.34. The maximum Gasteiger partial charge on any atom is 0.357 e. The SMILES string of the molecule is O=C(O)c1nc2n(c1Br)CCS2. The maximum absolute atomic E-state index is 10.6. The van der Waals surface area contributed by atoms with E-state index in [0.717, 1.165) is 17.5 Å². The van der Waals surface area contributed by atoms with Crippen molar-refractivity contribution in [3.05, 3.63) is 10.3 Å². The minimum atomic E-state index is -0.982. The highest BCUT2D eigenvalue weighted by Gasteiger charge is 2.23. The van der Waals surface area contributed by atoms with E-state index >= 15 is 0 Å². The van der Waals surface area contributed by atoms with Crippen LogP contribution in [0.3, 0.4) is 0 Å². The highest BCUT2D eigenvalue weighted by molar-refractivity contribution is 9.10. The number of hydrogen-bond donors (Lipinski definition) is 1. The number of carboxylic acids is 1. The normalized spacial score (nSPS) is 14.8. The summed E-state index contributed by atoms with van der Waals surface area (Å²) in [5.41, 5.74) is 0.109. The maximum atomic E-state index is 10.6. The molecule has 0 unspecified atom stereocenters. The average molecular weight is 249 g/mol. The third kappa shape index (κ3) is 1.06. The number of hydrogen-bond acceptors (Lipinski definition) is 3. The van der Waals surface area contributed by atoms with Gasteiger partial charge in [-0.05, 0) is 15.9 Å². The van der Waals surface area contributed by atoms with Crippen molar-refractivity contribution in [2.75, 3.05) is 5.75 Å². The van der Waals surface area contributed by atoms with Crippen molar-refractivity contribution in [1.82, 2.24) is 9.55 Å². The van der Waals surface area contributed by atoms with Crippen LogP contribution in [-0.4, -0.2) is 26.4 Å². The van der Waals surface area contributed by atoms with Crippen LogP contribution in [0.1, 0.15) is 10.5 Å². The number of carboxylic acid groups (broad SMARTS) is 1. The van der Waals surface area contributed by atoms with Gasteiger partial charge in [0.25, 0.3) is 0 Å². The van der Waals surface area contributed by atoms with Gasteiger partial charge in [-0.15, -0.1) is 0 Å². The van der Waals surface area contributed by atoms with Crippen molar-refractivity contribution in [3.63, 3.8) is 0 Å². The summed E-state index contributed by atoms with van der Waals surface area (Å²) < 4.78 is 2.45. The number of aromatic nitrogens is 2. The lowest BCUT2D eigenvalue weighted by Crippen LogP contribution is -2.00. The number of rotatable bonds is 1. The van der Waals surface area contributed by atoms with Gasteiger partial charge in [-0.2, -0.15) is 0 Å². The van der Waals surface area contributed by atoms with Gasteiger partial charge in [-0.3, -0.25) is 0 Å². The first-order valence-corrected chi connectivity index (χ1v) is 5.10. The third-order valence-electron chi connectivity index (χ3n) is 1.62. The van der Waals surface area contributed by atoms with Crippen LogP contribution < -0.4 is 0 Å². The first kappa shape index (κ1) is 8.12. The molecule has 1 aliphatic rings. The molecule has 2 heterocycles. The number of aromatic carboxylic acids is 1. The Kier molecular flexibility index (Phi) is 1.88. The average Bonchev–Trinajstić information content (AvgIpc) is 2.53. The second-order valence-corrected chi connectivity index (χ2v) is 4.15. The first-order valence-electron chi connectivity index (χ1n) is 3.32. The largest absolute Gasteiger partial charge is 0.476 e. The molecule has 1 aromatic heterocycles. The summed E-state index contributed by atoms with van der Waals surface area (Å²) in [5, 5.41) is 9.50. The summed E-state index contributed by atoms with van der Waals surface area (Å²) in [6.07, 6.45) is 0. The Morgan fingerprint density at radius 2 is 2.50 bits per heavy atom. The van der Waals surface area contributed by atoms with E-state index in [1.54, 1.807) is 11.8 Å². The number of halogens is 1. The number of carbonyl (C=O) groups is 1. The zero-order valence-electron chi connectivity index (χ0n) is 5.95. The van der Waals surface area contributed by atoms with Crippen molar-refractivity contribution < 1.29 is 9.90 Å². The quantitative estimate of drug-likeness (QED) is 0.818. The van der Waals surface area contributed by atoms with Gasteiger partial charge in [0.05, 0.1) is 0 Å². The molecular formula is C6H5BrN2O2S. The van der Waals surface area contributed by atoms with Crippen LogP contribution in [0, 0.1) is 0 Å². The van der Waals surface area contributed by atoms with E-state index in [0.29, 0.717) is 4.60 Å². The molecule has 1 aliphatic heterocycles. The van der Waals surface area contributed by atoms with Crippen LogP contribution in [0.15, 0.2) is 9.76 Å². The molecule has 0 radical (unpaired) electrons. The molecule has 0 spiro atoms. The van der Waals surface area contributed by atoms with E-state index in [2.05, 4.69) is 20.9 Å². The van der Waals surface area contributed by atoms with E-state index in [1.165, 1.54) is 0 Å². The molecule has 0 amide bonds. The molecule has 2 rings (SSSR count). The molecular weight excluding hydrogens is 244 g/mol. The van der Waals surface area contributed by atoms with Crippen LogP contribution in [0.5, 0.6) is 0 Å². The Morgan fingerprint density at radius 3 is 3.08 bits per heavy atom. The van der Waals surface area contributed by atoms with Crippen molar-refractivity contribution in [2.24, 2.45) is 0 Å². The van der Waals surface area contributed by atoms with E-state index in [-0.39, 0.29) is 5.69 Å². The summed E-state index contributed by atoms with van der Waals surface area (Å²) in [6.45, 7) is 0.834. The molecule has 0 bridgehead atoms. The smallest absolute Gasteiger partial charge is 0.357 e. The molecule has 64 valence electrons. The molecule has 0 fully saturated rings. The summed E-state index contributed by atoms with van der Waals surface area (Å²) >= 11 is 4.79. The Hall–Kier alpha value is -0.490. The zero-order chi connectivity index (χ0) is 8.72. The van der Waals surface area contributed by atoms with Crippen molar-refractivity contribution in [2.45, 2.75) is 11.7 Å². The van der Waals surface area contributed by atoms with E-state index in [1.807, 2.05) is 4.57 Å². The molecule has 12 heavy (non-hydrogen) atoms. The van der Waals surface area contributed by atoms with Gasteiger partial charge in [0.1, 0.15) is 4.60 Å². The van der Waals surface area contributed by atoms with Gasteiger partial charge < -0.3 is 9.67 Å². The second kappa shape index (κ2) is 2.77. The molecule has 6 heteroatoms. The molecule has 1 aromatic rings. The topological polar surface area (TPSA) is 55.1 Å². The number of thioether (sulfide) groups is 1. The standard InChI is InChI=1S/C6H5BrN2O2S/c7-4-3(5(10)11)8-6-9(4)1-2-12-6/h1-2H2,(H,10,11). The van der Waals surface area contributed by atoms with Gasteiger partial charge in [-0.25, -0.2) is 9.78 Å². The Labute approximate surface area is 81.1 Å². The molecule has 0 saturated heterocycles. The minimum absolute atomic E-state index is 0.109. The minimum Gasteiger partial charge on any atom is -0.476 e. The highest BCUT2D eigenvalue weighted by Crippen LogP contribution is 2.30. The Balaban J connectivity index is 2.54. The molecule has 0 aromatic carbocycles. The fourth-order valence-corrected chi connectivity index (χ4v) is 2.75. The van der Waals surface area contributed by atoms with Crippen LogP contribution in [-0.2, 0) is 6.54 Å². The molecule has 0 saturated carbocycles. The Morgan fingerprint density at radius 1 is 1.75 bits per heavy atom. The molecule has 1 N–H and O–H groups in total. The van der Waals surface area contributed by atoms with Gasteiger partial charge in [0, 0.05) is 12.3 Å². The monoisotopic (exact) mass is 248 g/mol. The third-order valence-corrected chi connectivity index (χ3v) is 3.38. The van der Waals surface area contributed by atoms with Crippen molar-refractivity contribution >= 4 is 33.7 Å². The Bertz CT molecular complexity index is 350. The van der Waals surface area contributed by atoms with Crippen LogP contribution in [0.4, 0.5) is 0 Å². The lowest BCUT2D eigenvalue weighted by molar-refractivity contribution is 0.0689. The van der Waals surface area contributed by atoms with Crippen LogP contribution in [0.2, 0.25) is 0 Å². The number of imidazole rings is 1. The summed E-state index contributed by atoms with van der Waals surface area (Å²) in [5.74, 6) is -0.00901. The molecule has 4 nitrogen and oxygen atoms in total. The summed E-state index contributed by atoms with van der Waals surface area (Å²) in [6, 6.07) is 0. The zero-order valence-corrected chi connectivity index (χ0v) is 8.35. The number of nitrogens with zero attached hydrogens (tertiary/aromatic N) is 2. The van der Waals surface area contributed by atoms with Crippen molar-refractivity contribution in [1.29, 1.82) is 0 Å². The molecule has 0 atom stereocenters. The fraction of sp³-hybridized carbons (Fsp3) is 0.333. The van der Waals surface area contributed by atoms with E-state index in [4.69, 9.17) is 5.11 Å². The predicted octanol–water partition coefficient (Wildman–Crippen LogP) is 1.45. The first-order chi connectivity index (χ1) is 5.70. The van der Waals surface area contributed by atoms with Gasteiger partial charge in [0.15, 0.2) is 10.9 Å². The van der Waals surface area contributed by atoms with Gasteiger partial charge in [0.2, 0.25) is 0 Å². The molecule has 0 aliphatic carbocycles. The van der Waals surface area contributed by atoms with Crippen molar-refractivity contribution in [3.8, 4) is 0 Å². The lowest BCUT2D eigenvalue weighted by atomic mass is 10.5. The van der Waals surface area contributed by atoms with Gasteiger partial charge >= 0.3 is 5.97 Å². The van der Waals surface area contributed by atoms with Crippen LogP contribution >= 0.6 is 27.7 Å². The van der Waals surface area contributed by atoms with Gasteiger partial charge in [-0.1, -0.05) is 11.8 Å². The summed E-state index contributed by atoms with van der Waals surface area (Å²) in [7, 11) is 0. The summed E-state index contributed by atoms with van der Waals surface area (Å²) in [4.78, 5) is 14.6. The lowest BCUT2D eigenvalue weighted by Gasteiger charge is -1.94. The van der Waals surface area contributed by atoms with E-state index < -0.39 is 5.97 Å². The van der Waals surface area contributed by atoms with Crippen LogP contribution in [0.25, 0.3) is 0 Å².